The summed E-state index contributed by atoms with van der Waals surface area (Å²) in [5.74, 6) is 0.746. The molecule has 2 nitrogen and oxygen atoms in total. The van der Waals surface area contributed by atoms with E-state index in [0.717, 1.165) is 21.4 Å². The third-order valence-electron chi connectivity index (χ3n) is 3.88. The van der Waals surface area contributed by atoms with Gasteiger partial charge in [-0.3, -0.25) is 4.99 Å². The molecular weight excluding hydrogens is 338 g/mol. The molecule has 4 aromatic rings. The molecule has 0 aliphatic heterocycles. The third kappa shape index (κ3) is 4.13. The Bertz CT molecular complexity index is 989. The predicted octanol–water partition coefficient (Wildman–Crippen LogP) is 6.85. The fraction of sp³-hybridized carbons (Fsp3) is 0. The number of furan rings is 1. The summed E-state index contributed by atoms with van der Waals surface area (Å²) in [5, 5.41) is 0.858. The van der Waals surface area contributed by atoms with Crippen LogP contribution in [-0.2, 0) is 0 Å². The van der Waals surface area contributed by atoms with Gasteiger partial charge in [0.25, 0.3) is 0 Å². The van der Waals surface area contributed by atoms with Gasteiger partial charge < -0.3 is 4.42 Å². The lowest BCUT2D eigenvalue weighted by Gasteiger charge is -2.01. The molecule has 3 aromatic carbocycles. The zero-order valence-corrected chi connectivity index (χ0v) is 14.9. The molecule has 0 bridgehead atoms. The molecule has 26 heavy (non-hydrogen) atoms. The minimum Gasteiger partial charge on any atom is -0.449 e. The van der Waals surface area contributed by atoms with Crippen molar-refractivity contribution in [3.05, 3.63) is 103 Å². The van der Waals surface area contributed by atoms with Crippen molar-refractivity contribution < 1.29 is 4.42 Å². The maximum atomic E-state index is 5.82. The second-order valence-electron chi connectivity index (χ2n) is 5.74. The highest BCUT2D eigenvalue weighted by Crippen LogP contribution is 2.29. The minimum absolute atomic E-state index is 0.746. The first-order chi connectivity index (χ1) is 12.9. The summed E-state index contributed by atoms with van der Waals surface area (Å²) >= 11 is 1.60. The minimum atomic E-state index is 0.746. The van der Waals surface area contributed by atoms with Crippen LogP contribution < -0.4 is 0 Å². The van der Waals surface area contributed by atoms with Gasteiger partial charge in [-0.25, -0.2) is 0 Å². The molecule has 3 heteroatoms. The van der Waals surface area contributed by atoms with Crippen LogP contribution in [0.1, 0.15) is 5.76 Å². The summed E-state index contributed by atoms with van der Waals surface area (Å²) in [7, 11) is 0. The summed E-state index contributed by atoms with van der Waals surface area (Å²) < 4.78 is 5.82. The first kappa shape index (κ1) is 16.4. The van der Waals surface area contributed by atoms with Crippen molar-refractivity contribution in [3.63, 3.8) is 0 Å². The normalized spacial score (nSPS) is 11.1. The first-order valence-electron chi connectivity index (χ1n) is 8.39. The van der Waals surface area contributed by atoms with Crippen LogP contribution in [0.5, 0.6) is 0 Å². The Morgan fingerprint density at radius 1 is 0.654 bits per heavy atom. The molecule has 0 N–H and O–H groups in total. The molecule has 0 aliphatic rings. The number of rotatable bonds is 5. The molecule has 0 radical (unpaired) electrons. The van der Waals surface area contributed by atoms with E-state index in [4.69, 9.17) is 4.42 Å². The largest absolute Gasteiger partial charge is 0.449 e. The fourth-order valence-electron chi connectivity index (χ4n) is 2.57. The van der Waals surface area contributed by atoms with Gasteiger partial charge in [-0.15, -0.1) is 0 Å². The monoisotopic (exact) mass is 355 g/mol. The van der Waals surface area contributed by atoms with Gasteiger partial charge in [0, 0.05) is 4.90 Å². The molecule has 0 atom stereocenters. The zero-order chi connectivity index (χ0) is 17.6. The Labute approximate surface area is 157 Å². The average Bonchev–Trinajstić information content (AvgIpc) is 3.16. The van der Waals surface area contributed by atoms with Gasteiger partial charge in [-0.1, -0.05) is 72.4 Å². The van der Waals surface area contributed by atoms with Gasteiger partial charge in [-0.2, -0.15) is 0 Å². The Morgan fingerprint density at radius 2 is 1.31 bits per heavy atom. The quantitative estimate of drug-likeness (QED) is 0.366. The molecule has 0 spiro atoms. The van der Waals surface area contributed by atoms with Crippen molar-refractivity contribution in [2.24, 2.45) is 4.99 Å². The Hall–Kier alpha value is -3.04. The van der Waals surface area contributed by atoms with Crippen LogP contribution in [0.2, 0.25) is 0 Å². The van der Waals surface area contributed by atoms with E-state index in [1.807, 2.05) is 60.7 Å². The number of hydrogen-bond acceptors (Lipinski definition) is 3. The van der Waals surface area contributed by atoms with Crippen LogP contribution in [0.25, 0.3) is 11.1 Å². The number of nitrogens with zero attached hydrogens (tertiary/aromatic N) is 1. The van der Waals surface area contributed by atoms with E-state index < -0.39 is 0 Å². The lowest BCUT2D eigenvalue weighted by molar-refractivity contribution is 0.469. The van der Waals surface area contributed by atoms with Gasteiger partial charge in [0.2, 0.25) is 0 Å². The molecule has 0 aliphatic carbocycles. The fourth-order valence-corrected chi connectivity index (χ4v) is 3.37. The van der Waals surface area contributed by atoms with Gasteiger partial charge >= 0.3 is 0 Å². The van der Waals surface area contributed by atoms with Crippen molar-refractivity contribution in [1.29, 1.82) is 0 Å². The predicted molar refractivity (Wildman–Crippen MR) is 108 cm³/mol. The van der Waals surface area contributed by atoms with Crippen molar-refractivity contribution in [2.45, 2.75) is 9.99 Å². The summed E-state index contributed by atoms with van der Waals surface area (Å²) in [6, 6.07) is 32.6. The number of benzene rings is 3. The average molecular weight is 355 g/mol. The second kappa shape index (κ2) is 7.89. The van der Waals surface area contributed by atoms with Crippen LogP contribution in [0.15, 0.2) is 116 Å². The first-order valence-corrected chi connectivity index (χ1v) is 9.21. The van der Waals surface area contributed by atoms with E-state index in [9.17, 15) is 0 Å². The Balaban J connectivity index is 1.43. The standard InChI is InChI=1S/C23H17NOS/c1-3-7-18(8-4-1)19-11-13-20(14-12-19)24-17-21-15-16-23(25-21)26-22-9-5-2-6-10-22/h1-17H. The molecular formula is C23H17NOS. The lowest BCUT2D eigenvalue weighted by atomic mass is 10.1. The van der Waals surface area contributed by atoms with Crippen LogP contribution in [-0.4, -0.2) is 6.21 Å². The maximum absolute atomic E-state index is 5.82. The van der Waals surface area contributed by atoms with E-state index in [1.54, 1.807) is 18.0 Å². The summed E-state index contributed by atoms with van der Waals surface area (Å²) in [6.45, 7) is 0. The van der Waals surface area contributed by atoms with Crippen LogP contribution >= 0.6 is 11.8 Å². The summed E-state index contributed by atoms with van der Waals surface area (Å²) in [5.41, 5.74) is 3.29. The van der Waals surface area contributed by atoms with Gasteiger partial charge in [0.05, 0.1) is 11.9 Å². The molecule has 0 fully saturated rings. The molecule has 0 amide bonds. The molecule has 0 saturated carbocycles. The van der Waals surface area contributed by atoms with Crippen LogP contribution in [0.4, 0.5) is 5.69 Å². The molecule has 0 unspecified atom stereocenters. The highest BCUT2D eigenvalue weighted by molar-refractivity contribution is 7.99. The molecule has 126 valence electrons. The number of aliphatic imine (C=N–C) groups is 1. The molecule has 4 rings (SSSR count). The molecule has 0 saturated heterocycles. The van der Waals surface area contributed by atoms with E-state index in [2.05, 4.69) is 41.4 Å². The van der Waals surface area contributed by atoms with Crippen LogP contribution in [0.3, 0.4) is 0 Å². The Morgan fingerprint density at radius 3 is 2.04 bits per heavy atom. The van der Waals surface area contributed by atoms with Gasteiger partial charge in [-0.05, 0) is 47.5 Å². The van der Waals surface area contributed by atoms with Crippen molar-refractivity contribution in [1.82, 2.24) is 0 Å². The van der Waals surface area contributed by atoms with E-state index in [-0.39, 0.29) is 0 Å². The molecule has 1 aromatic heterocycles. The smallest absolute Gasteiger partial charge is 0.165 e. The zero-order valence-electron chi connectivity index (χ0n) is 14.1. The van der Waals surface area contributed by atoms with Crippen molar-refractivity contribution in [3.8, 4) is 11.1 Å². The maximum Gasteiger partial charge on any atom is 0.165 e. The topological polar surface area (TPSA) is 25.5 Å². The number of hydrogen-bond donors (Lipinski definition) is 0. The van der Waals surface area contributed by atoms with Crippen LogP contribution in [0, 0.1) is 0 Å². The highest BCUT2D eigenvalue weighted by Gasteiger charge is 2.02. The third-order valence-corrected chi connectivity index (χ3v) is 4.81. The molecule has 1 heterocycles. The van der Waals surface area contributed by atoms with Crippen molar-refractivity contribution >= 4 is 23.7 Å². The van der Waals surface area contributed by atoms with Gasteiger partial charge in [0.15, 0.2) is 5.09 Å². The SMILES string of the molecule is C(=Nc1ccc(-c2ccccc2)cc1)c1ccc(Sc2ccccc2)o1. The summed E-state index contributed by atoms with van der Waals surface area (Å²) in [6.07, 6.45) is 1.76. The van der Waals surface area contributed by atoms with E-state index >= 15 is 0 Å². The summed E-state index contributed by atoms with van der Waals surface area (Å²) in [4.78, 5) is 5.66. The second-order valence-corrected chi connectivity index (χ2v) is 6.82. The van der Waals surface area contributed by atoms with E-state index in [0.29, 0.717) is 0 Å². The Kier molecular flexibility index (Phi) is 4.99. The highest BCUT2D eigenvalue weighted by atomic mass is 32.2. The lowest BCUT2D eigenvalue weighted by Crippen LogP contribution is -1.77. The van der Waals surface area contributed by atoms with E-state index in [1.165, 1.54) is 11.1 Å². The van der Waals surface area contributed by atoms with Gasteiger partial charge in [0.1, 0.15) is 5.76 Å². The van der Waals surface area contributed by atoms with Crippen molar-refractivity contribution in [2.75, 3.05) is 0 Å².